The summed E-state index contributed by atoms with van der Waals surface area (Å²) in [6, 6.07) is 0. The lowest BCUT2D eigenvalue weighted by Gasteiger charge is -2.05. The SMILES string of the molecule is CCCCc1csc(C#Cc2scc(CCCC)c2CCCC)c1CCCC. The van der Waals surface area contributed by atoms with Gasteiger partial charge in [-0.15, -0.1) is 22.7 Å². The Morgan fingerprint density at radius 1 is 0.571 bits per heavy atom. The first-order valence-electron chi connectivity index (χ1n) is 11.4. The van der Waals surface area contributed by atoms with Gasteiger partial charge in [-0.1, -0.05) is 53.4 Å². The van der Waals surface area contributed by atoms with Crippen molar-refractivity contribution >= 4 is 22.7 Å². The minimum Gasteiger partial charge on any atom is -0.135 e. The van der Waals surface area contributed by atoms with E-state index in [9.17, 15) is 0 Å². The molecule has 2 heteroatoms. The highest BCUT2D eigenvalue weighted by atomic mass is 32.1. The quantitative estimate of drug-likeness (QED) is 0.305. The van der Waals surface area contributed by atoms with Crippen LogP contribution in [0.4, 0.5) is 0 Å². The van der Waals surface area contributed by atoms with Crippen LogP contribution in [0.25, 0.3) is 0 Å². The second-order valence-electron chi connectivity index (χ2n) is 7.80. The summed E-state index contributed by atoms with van der Waals surface area (Å²) in [6.45, 7) is 9.13. The topological polar surface area (TPSA) is 0 Å². The van der Waals surface area contributed by atoms with E-state index in [1.54, 1.807) is 22.3 Å². The molecule has 2 rings (SSSR count). The molecule has 0 bridgehead atoms. The second kappa shape index (κ2) is 13.2. The molecule has 0 spiro atoms. The van der Waals surface area contributed by atoms with Gasteiger partial charge in [0.25, 0.3) is 0 Å². The number of unbranched alkanes of at least 4 members (excludes halogenated alkanes) is 4. The van der Waals surface area contributed by atoms with E-state index in [0.717, 1.165) is 0 Å². The zero-order valence-electron chi connectivity index (χ0n) is 18.5. The van der Waals surface area contributed by atoms with Crippen molar-refractivity contribution in [2.75, 3.05) is 0 Å². The van der Waals surface area contributed by atoms with Crippen molar-refractivity contribution in [3.63, 3.8) is 0 Å². The van der Waals surface area contributed by atoms with Crippen molar-refractivity contribution in [2.24, 2.45) is 0 Å². The lowest BCUT2D eigenvalue weighted by molar-refractivity contribution is 0.761. The van der Waals surface area contributed by atoms with Crippen molar-refractivity contribution < 1.29 is 0 Å². The maximum atomic E-state index is 3.60. The van der Waals surface area contributed by atoms with E-state index in [4.69, 9.17) is 0 Å². The molecule has 154 valence electrons. The van der Waals surface area contributed by atoms with Gasteiger partial charge in [0.15, 0.2) is 0 Å². The average Bonchev–Trinajstić information content (AvgIpc) is 3.28. The molecule has 28 heavy (non-hydrogen) atoms. The summed E-state index contributed by atoms with van der Waals surface area (Å²) < 4.78 is 0. The molecule has 0 aliphatic heterocycles. The molecule has 2 heterocycles. The molecule has 2 aromatic rings. The minimum atomic E-state index is 1.19. The Morgan fingerprint density at radius 3 is 1.29 bits per heavy atom. The molecule has 0 aromatic carbocycles. The van der Waals surface area contributed by atoms with Gasteiger partial charge < -0.3 is 0 Å². The molecular formula is C26H38S2. The molecule has 0 fully saturated rings. The Balaban J connectivity index is 2.28. The van der Waals surface area contributed by atoms with Crippen molar-refractivity contribution in [3.05, 3.63) is 42.8 Å². The molecule has 0 unspecified atom stereocenters. The summed E-state index contributed by atoms with van der Waals surface area (Å²) >= 11 is 3.74. The molecule has 0 saturated carbocycles. The van der Waals surface area contributed by atoms with Gasteiger partial charge in [-0.2, -0.15) is 0 Å². The summed E-state index contributed by atoms with van der Waals surface area (Å²) in [4.78, 5) is 2.65. The second-order valence-corrected chi connectivity index (χ2v) is 9.56. The number of hydrogen-bond acceptors (Lipinski definition) is 2. The number of rotatable bonds is 12. The van der Waals surface area contributed by atoms with Crippen LogP contribution in [-0.2, 0) is 25.7 Å². The van der Waals surface area contributed by atoms with E-state index < -0.39 is 0 Å². The summed E-state index contributed by atoms with van der Waals surface area (Å²) in [5.74, 6) is 7.20. The third-order valence-electron chi connectivity index (χ3n) is 5.41. The molecule has 0 N–H and O–H groups in total. The van der Waals surface area contributed by atoms with Crippen molar-refractivity contribution in [3.8, 4) is 11.8 Å². The zero-order valence-corrected chi connectivity index (χ0v) is 20.1. The standard InChI is InChI=1S/C26H38S2/c1-5-9-13-21-19-27-25(23(21)15-11-7-3)17-18-26-24(16-12-8-4)22(20-28-26)14-10-6-2/h19-20H,5-16H2,1-4H3. The van der Waals surface area contributed by atoms with Gasteiger partial charge >= 0.3 is 0 Å². The van der Waals surface area contributed by atoms with Gasteiger partial charge in [-0.25, -0.2) is 0 Å². The maximum absolute atomic E-state index is 3.60. The lowest BCUT2D eigenvalue weighted by Crippen LogP contribution is -1.94. The Morgan fingerprint density at radius 2 is 0.929 bits per heavy atom. The number of aryl methyl sites for hydroxylation is 2. The molecule has 0 saturated heterocycles. The van der Waals surface area contributed by atoms with Crippen LogP contribution in [-0.4, -0.2) is 0 Å². The summed E-state index contributed by atoms with van der Waals surface area (Å²) in [5.41, 5.74) is 6.22. The van der Waals surface area contributed by atoms with Gasteiger partial charge in [-0.3, -0.25) is 0 Å². The highest BCUT2D eigenvalue weighted by molar-refractivity contribution is 7.11. The minimum absolute atomic E-state index is 1.19. The fraction of sp³-hybridized carbons (Fsp3) is 0.615. The third-order valence-corrected chi connectivity index (χ3v) is 7.38. The molecule has 0 atom stereocenters. The summed E-state index contributed by atoms with van der Waals surface area (Å²) in [6.07, 6.45) is 15.0. The van der Waals surface area contributed by atoms with E-state index >= 15 is 0 Å². The van der Waals surface area contributed by atoms with Gasteiger partial charge in [-0.05, 0) is 96.2 Å². The smallest absolute Gasteiger partial charge is 0.0807 e. The molecular weight excluding hydrogens is 376 g/mol. The van der Waals surface area contributed by atoms with Crippen LogP contribution < -0.4 is 0 Å². The molecule has 0 amide bonds. The van der Waals surface area contributed by atoms with E-state index in [-0.39, 0.29) is 0 Å². The van der Waals surface area contributed by atoms with Crippen molar-refractivity contribution in [2.45, 2.75) is 105 Å². The van der Waals surface area contributed by atoms with E-state index in [0.29, 0.717) is 0 Å². The Hall–Kier alpha value is -1.04. The fourth-order valence-electron chi connectivity index (χ4n) is 3.57. The highest BCUT2D eigenvalue weighted by Gasteiger charge is 2.12. The summed E-state index contributed by atoms with van der Waals surface area (Å²) in [7, 11) is 0. The van der Waals surface area contributed by atoms with Crippen molar-refractivity contribution in [1.82, 2.24) is 0 Å². The van der Waals surface area contributed by atoms with E-state index in [2.05, 4.69) is 50.3 Å². The van der Waals surface area contributed by atoms with E-state index in [1.807, 2.05) is 22.7 Å². The molecule has 0 aliphatic rings. The largest absolute Gasteiger partial charge is 0.135 e. The van der Waals surface area contributed by atoms with Crippen LogP contribution in [0.2, 0.25) is 0 Å². The van der Waals surface area contributed by atoms with Gasteiger partial charge in [0.05, 0.1) is 9.75 Å². The van der Waals surface area contributed by atoms with Crippen LogP contribution >= 0.6 is 22.7 Å². The lowest BCUT2D eigenvalue weighted by atomic mass is 9.99. The molecule has 2 aromatic heterocycles. The predicted octanol–water partition coefficient (Wildman–Crippen LogP) is 8.58. The van der Waals surface area contributed by atoms with Gasteiger partial charge in [0, 0.05) is 0 Å². The molecule has 0 radical (unpaired) electrons. The fourth-order valence-corrected chi connectivity index (χ4v) is 5.58. The Bertz CT molecular complexity index is 689. The first kappa shape index (κ1) is 23.2. The van der Waals surface area contributed by atoms with Crippen LogP contribution in [0.1, 0.15) is 111 Å². The Labute approximate surface area is 181 Å². The number of hydrogen-bond donors (Lipinski definition) is 0. The molecule has 0 aliphatic carbocycles. The number of thiophene rings is 2. The van der Waals surface area contributed by atoms with Gasteiger partial charge in [0.1, 0.15) is 0 Å². The van der Waals surface area contributed by atoms with Crippen LogP contribution in [0.3, 0.4) is 0 Å². The first-order chi connectivity index (χ1) is 13.7. The Kier molecular flexibility index (Phi) is 11.0. The van der Waals surface area contributed by atoms with Crippen molar-refractivity contribution in [1.29, 1.82) is 0 Å². The highest BCUT2D eigenvalue weighted by Crippen LogP contribution is 2.28. The van der Waals surface area contributed by atoms with Crippen LogP contribution in [0.5, 0.6) is 0 Å². The van der Waals surface area contributed by atoms with Crippen LogP contribution in [0, 0.1) is 11.8 Å². The predicted molar refractivity (Wildman–Crippen MR) is 129 cm³/mol. The monoisotopic (exact) mass is 414 g/mol. The summed E-state index contributed by atoms with van der Waals surface area (Å²) in [5, 5.41) is 4.76. The average molecular weight is 415 g/mol. The first-order valence-corrected chi connectivity index (χ1v) is 13.2. The third kappa shape index (κ3) is 6.78. The van der Waals surface area contributed by atoms with E-state index in [1.165, 1.54) is 86.8 Å². The molecule has 0 nitrogen and oxygen atoms in total. The zero-order chi connectivity index (χ0) is 20.2. The van der Waals surface area contributed by atoms with Crippen LogP contribution in [0.15, 0.2) is 10.8 Å². The normalized spacial score (nSPS) is 10.9. The maximum Gasteiger partial charge on any atom is 0.0807 e. The van der Waals surface area contributed by atoms with Gasteiger partial charge in [0.2, 0.25) is 0 Å².